The van der Waals surface area contributed by atoms with Crippen molar-refractivity contribution < 1.29 is 4.11 Å². The third kappa shape index (κ3) is 7.23. The van der Waals surface area contributed by atoms with Gasteiger partial charge in [-0.15, -0.1) is 0 Å². The van der Waals surface area contributed by atoms with Crippen LogP contribution in [0.25, 0.3) is 77.5 Å². The summed E-state index contributed by atoms with van der Waals surface area (Å²) in [6.07, 6.45) is 0. The topological polar surface area (TPSA) is 3.24 Å². The van der Waals surface area contributed by atoms with E-state index in [1.807, 2.05) is 72.8 Å². The molecule has 0 aliphatic carbocycles. The summed E-state index contributed by atoms with van der Waals surface area (Å²) in [5.74, 6) is 0. The summed E-state index contributed by atoms with van der Waals surface area (Å²) < 4.78 is 29.2. The molecule has 0 aromatic heterocycles. The van der Waals surface area contributed by atoms with Gasteiger partial charge < -0.3 is 4.90 Å². The van der Waals surface area contributed by atoms with Gasteiger partial charge in [0.05, 0.1) is 9.80 Å². The van der Waals surface area contributed by atoms with E-state index >= 15 is 0 Å². The average molecular weight is 755 g/mol. The van der Waals surface area contributed by atoms with E-state index in [-0.39, 0.29) is 18.1 Å². The van der Waals surface area contributed by atoms with Gasteiger partial charge in [-0.3, -0.25) is 0 Å². The highest BCUT2D eigenvalue weighted by Crippen LogP contribution is 2.45. The first-order chi connectivity index (χ1) is 30.5. The Morgan fingerprint density at radius 3 is 1.25 bits per heavy atom. The second-order valence-corrected chi connectivity index (χ2v) is 14.7. The summed E-state index contributed by atoms with van der Waals surface area (Å²) in [7, 11) is 0. The Balaban J connectivity index is 1.15. The van der Waals surface area contributed by atoms with Gasteiger partial charge >= 0.3 is 0 Å². The quantitative estimate of drug-likeness (QED) is 0.142. The molecule has 278 valence electrons. The molecule has 0 unspecified atom stereocenters. The first-order valence-electron chi connectivity index (χ1n) is 21.5. The second kappa shape index (κ2) is 16.0. The minimum absolute atomic E-state index is 0.0105. The number of nitrogens with zero attached hydrogens (tertiary/aromatic N) is 1. The minimum atomic E-state index is 0.0105. The van der Waals surface area contributed by atoms with Gasteiger partial charge in [-0.05, 0) is 108 Å². The number of rotatable bonds is 9. The van der Waals surface area contributed by atoms with Crippen LogP contribution in [0, 0.1) is 0 Å². The van der Waals surface area contributed by atoms with E-state index in [9.17, 15) is 4.11 Å². The van der Waals surface area contributed by atoms with E-state index in [1.165, 1.54) is 21.9 Å². The molecule has 0 heterocycles. The van der Waals surface area contributed by atoms with E-state index in [0.29, 0.717) is 16.8 Å². The Labute approximate surface area is 351 Å². The van der Waals surface area contributed by atoms with Crippen LogP contribution in [-0.4, -0.2) is 0 Å². The summed E-state index contributed by atoms with van der Waals surface area (Å²) >= 11 is 0. The highest BCUT2D eigenvalue weighted by molar-refractivity contribution is 6.04. The third-order valence-electron chi connectivity index (χ3n) is 11.0. The normalized spacial score (nSPS) is 11.8. The van der Waals surface area contributed by atoms with Crippen LogP contribution in [0.1, 0.15) is 4.11 Å². The van der Waals surface area contributed by atoms with E-state index in [1.54, 1.807) is 0 Å². The molecule has 0 bridgehead atoms. The molecular formula is C58H41N. The Morgan fingerprint density at radius 1 is 0.288 bits per heavy atom. The Bertz CT molecular complexity index is 3150. The molecule has 10 aromatic rings. The van der Waals surface area contributed by atoms with Crippen molar-refractivity contribution in [1.29, 1.82) is 0 Å². The smallest absolute Gasteiger partial charge is 0.0645 e. The van der Waals surface area contributed by atoms with Crippen molar-refractivity contribution in [2.75, 3.05) is 4.90 Å². The molecule has 0 aliphatic rings. The lowest BCUT2D eigenvalue weighted by Gasteiger charge is -2.29. The minimum Gasteiger partial charge on any atom is -0.310 e. The molecule has 0 spiro atoms. The third-order valence-corrected chi connectivity index (χ3v) is 11.0. The number of fused-ring (bicyclic) bond motifs is 1. The van der Waals surface area contributed by atoms with E-state index in [4.69, 9.17) is 0 Å². The van der Waals surface area contributed by atoms with Gasteiger partial charge in [-0.1, -0.05) is 212 Å². The predicted molar refractivity (Wildman–Crippen MR) is 251 cm³/mol. The summed E-state index contributed by atoms with van der Waals surface area (Å²) in [5.41, 5.74) is 13.7. The number of benzene rings is 10. The fourth-order valence-corrected chi connectivity index (χ4v) is 8.04. The maximum absolute atomic E-state index is 9.83. The van der Waals surface area contributed by atoms with Crippen LogP contribution in [-0.2, 0) is 0 Å². The van der Waals surface area contributed by atoms with Crippen molar-refractivity contribution in [2.45, 2.75) is 0 Å². The maximum Gasteiger partial charge on any atom is 0.0645 e. The zero-order valence-electron chi connectivity index (χ0n) is 35.4. The molecule has 59 heavy (non-hydrogen) atoms. The molecule has 1 nitrogen and oxygen atoms in total. The van der Waals surface area contributed by atoms with Crippen molar-refractivity contribution in [3.63, 3.8) is 0 Å². The zero-order valence-corrected chi connectivity index (χ0v) is 32.4. The van der Waals surface area contributed by atoms with Crippen molar-refractivity contribution in [3.05, 3.63) is 249 Å². The molecule has 0 radical (unpaired) electrons. The van der Waals surface area contributed by atoms with Crippen LogP contribution in [0.15, 0.2) is 249 Å². The molecule has 10 aromatic carbocycles. The molecule has 0 atom stereocenters. The SMILES string of the molecule is [2H]c1c([2H])c(N(c2ccc(-c3ccc(-c4ccccc4)cc3)cc2)c2ccc(-c3ccc4ccccc4c3-c3ccccc3)cc2)c(-c2ccccc2)c([2H])c1-c1ccccc1. The first-order valence-corrected chi connectivity index (χ1v) is 20.0. The monoisotopic (exact) mass is 754 g/mol. The summed E-state index contributed by atoms with van der Waals surface area (Å²) in [6.45, 7) is 0. The van der Waals surface area contributed by atoms with Crippen LogP contribution < -0.4 is 4.90 Å². The first kappa shape index (κ1) is 32.4. The van der Waals surface area contributed by atoms with E-state index in [2.05, 4.69) is 163 Å². The van der Waals surface area contributed by atoms with Crippen molar-refractivity contribution >= 4 is 27.8 Å². The lowest BCUT2D eigenvalue weighted by Crippen LogP contribution is -2.11. The number of hydrogen-bond donors (Lipinski definition) is 0. The standard InChI is InChI=1S/C58H41N/c1-5-15-42(16-6-1)44-25-27-45(28-26-44)46-29-35-52(36-30-46)59(57-40-34-51(43-17-7-2-8-18-43)41-56(57)47-19-9-3-10-20-47)53-37-31-49(32-38-53)55-39-33-48-21-13-14-24-54(48)58(55)50-22-11-4-12-23-50/h1-41H/i34D,40D,41D. The Hall–Kier alpha value is -7.74. The predicted octanol–water partition coefficient (Wildman–Crippen LogP) is 16.3. The van der Waals surface area contributed by atoms with Crippen molar-refractivity contribution in [3.8, 4) is 66.8 Å². The van der Waals surface area contributed by atoms with Crippen LogP contribution in [0.4, 0.5) is 17.1 Å². The van der Waals surface area contributed by atoms with Gasteiger partial charge in [0.1, 0.15) is 0 Å². The average Bonchev–Trinajstić information content (AvgIpc) is 3.34. The molecule has 0 saturated carbocycles. The lowest BCUT2D eigenvalue weighted by molar-refractivity contribution is 1.28. The summed E-state index contributed by atoms with van der Waals surface area (Å²) in [4.78, 5) is 2.06. The van der Waals surface area contributed by atoms with E-state index in [0.717, 1.165) is 55.9 Å². The summed E-state index contributed by atoms with van der Waals surface area (Å²) in [5, 5.41) is 2.37. The lowest BCUT2D eigenvalue weighted by atomic mass is 9.89. The van der Waals surface area contributed by atoms with Crippen LogP contribution >= 0.6 is 0 Å². The highest BCUT2D eigenvalue weighted by atomic mass is 15.1. The molecule has 0 saturated heterocycles. The fourth-order valence-electron chi connectivity index (χ4n) is 8.04. The van der Waals surface area contributed by atoms with Crippen LogP contribution in [0.3, 0.4) is 0 Å². The second-order valence-electron chi connectivity index (χ2n) is 14.7. The van der Waals surface area contributed by atoms with Crippen LogP contribution in [0.2, 0.25) is 0 Å². The van der Waals surface area contributed by atoms with Gasteiger partial charge in [-0.25, -0.2) is 0 Å². The number of anilines is 3. The maximum atomic E-state index is 9.83. The molecule has 0 fully saturated rings. The molecule has 0 N–H and O–H groups in total. The largest absolute Gasteiger partial charge is 0.310 e. The van der Waals surface area contributed by atoms with E-state index < -0.39 is 0 Å². The molecule has 10 rings (SSSR count). The fraction of sp³-hybridized carbons (Fsp3) is 0. The molecule has 0 aliphatic heterocycles. The van der Waals surface area contributed by atoms with Crippen molar-refractivity contribution in [1.82, 2.24) is 0 Å². The summed E-state index contributed by atoms with van der Waals surface area (Å²) in [6, 6.07) is 79.1. The van der Waals surface area contributed by atoms with Gasteiger partial charge in [0, 0.05) is 16.9 Å². The van der Waals surface area contributed by atoms with Crippen LogP contribution in [0.5, 0.6) is 0 Å². The van der Waals surface area contributed by atoms with Crippen molar-refractivity contribution in [2.24, 2.45) is 0 Å². The van der Waals surface area contributed by atoms with Gasteiger partial charge in [-0.2, -0.15) is 0 Å². The zero-order chi connectivity index (χ0) is 42.0. The molecular weight excluding hydrogens is 711 g/mol. The van der Waals surface area contributed by atoms with Gasteiger partial charge in [0.15, 0.2) is 0 Å². The van der Waals surface area contributed by atoms with Gasteiger partial charge in [0.25, 0.3) is 0 Å². The number of hydrogen-bond acceptors (Lipinski definition) is 1. The molecule has 1 heteroatoms. The Kier molecular flexibility index (Phi) is 8.78. The highest BCUT2D eigenvalue weighted by Gasteiger charge is 2.20. The Morgan fingerprint density at radius 2 is 0.695 bits per heavy atom. The van der Waals surface area contributed by atoms with Gasteiger partial charge in [0.2, 0.25) is 0 Å². The molecule has 0 amide bonds.